The number of carboxylic acids is 1. The Morgan fingerprint density at radius 1 is 1.04 bits per heavy atom. The number of carbonyl (C=O) groups excluding carboxylic acids is 2. The summed E-state index contributed by atoms with van der Waals surface area (Å²) in [6.45, 7) is 0.234. The van der Waals surface area contributed by atoms with Crippen molar-refractivity contribution in [3.05, 3.63) is 54.0 Å². The Bertz CT molecular complexity index is 816. The van der Waals surface area contributed by atoms with Crippen LogP contribution < -0.4 is 10.6 Å². The highest BCUT2D eigenvalue weighted by Crippen LogP contribution is 2.31. The minimum Gasteiger partial charge on any atom is -0.481 e. The minimum atomic E-state index is -0.945. The number of rotatable bonds is 6. The van der Waals surface area contributed by atoms with Crippen molar-refractivity contribution in [3.8, 4) is 0 Å². The van der Waals surface area contributed by atoms with Crippen molar-refractivity contribution >= 4 is 23.5 Å². The first kappa shape index (κ1) is 18.7. The Morgan fingerprint density at radius 3 is 2.48 bits per heavy atom. The Labute approximate surface area is 156 Å². The van der Waals surface area contributed by atoms with Crippen LogP contribution >= 0.6 is 0 Å². The number of nitrogens with one attached hydrogen (secondary N) is 2. The zero-order valence-corrected chi connectivity index (χ0v) is 14.8. The summed E-state index contributed by atoms with van der Waals surface area (Å²) < 4.78 is 5.19. The maximum absolute atomic E-state index is 12.7. The smallest absolute Gasteiger partial charge is 0.307 e. The van der Waals surface area contributed by atoms with Gasteiger partial charge in [0, 0.05) is 0 Å². The van der Waals surface area contributed by atoms with Gasteiger partial charge in [-0.2, -0.15) is 0 Å². The molecule has 0 unspecified atom stereocenters. The minimum absolute atomic E-state index is 0.234. The highest BCUT2D eigenvalue weighted by atomic mass is 16.4. The fraction of sp³-hybridized carbons (Fsp3) is 0.350. The van der Waals surface area contributed by atoms with Crippen LogP contribution in [0.25, 0.3) is 0 Å². The second-order valence-corrected chi connectivity index (χ2v) is 6.63. The van der Waals surface area contributed by atoms with Gasteiger partial charge in [0.15, 0.2) is 0 Å². The second kappa shape index (κ2) is 8.53. The maximum atomic E-state index is 12.7. The molecule has 1 aromatic heterocycles. The number of amides is 2. The summed E-state index contributed by atoms with van der Waals surface area (Å²) in [4.78, 5) is 36.6. The summed E-state index contributed by atoms with van der Waals surface area (Å²) in [5, 5.41) is 14.9. The number of anilines is 1. The van der Waals surface area contributed by atoms with Gasteiger partial charge in [-0.3, -0.25) is 14.4 Å². The third kappa shape index (κ3) is 4.55. The third-order valence-corrected chi connectivity index (χ3v) is 4.85. The molecule has 7 nitrogen and oxygen atoms in total. The number of hydrogen-bond donors (Lipinski definition) is 3. The molecule has 2 atom stereocenters. The highest BCUT2D eigenvalue weighted by molar-refractivity contribution is 6.04. The third-order valence-electron chi connectivity index (χ3n) is 4.85. The van der Waals surface area contributed by atoms with Gasteiger partial charge < -0.3 is 20.2 Å². The number of para-hydroxylation sites is 1. The van der Waals surface area contributed by atoms with Crippen LogP contribution in [0.3, 0.4) is 0 Å². The molecule has 0 spiro atoms. The molecular formula is C20H22N2O5. The molecule has 3 rings (SSSR count). The molecule has 1 heterocycles. The van der Waals surface area contributed by atoms with Crippen molar-refractivity contribution in [3.63, 3.8) is 0 Å². The van der Waals surface area contributed by atoms with Crippen LogP contribution in [0.5, 0.6) is 0 Å². The molecule has 7 heteroatoms. The van der Waals surface area contributed by atoms with Crippen molar-refractivity contribution in [1.82, 2.24) is 5.32 Å². The average molecular weight is 370 g/mol. The first-order valence-corrected chi connectivity index (χ1v) is 8.99. The quantitative estimate of drug-likeness (QED) is 0.724. The first-order chi connectivity index (χ1) is 13.1. The number of furan rings is 1. The van der Waals surface area contributed by atoms with E-state index in [1.54, 1.807) is 36.4 Å². The fourth-order valence-corrected chi connectivity index (χ4v) is 3.43. The van der Waals surface area contributed by atoms with Crippen LogP contribution in [-0.4, -0.2) is 22.9 Å². The average Bonchev–Trinajstić information content (AvgIpc) is 3.20. The Morgan fingerprint density at radius 2 is 1.78 bits per heavy atom. The van der Waals surface area contributed by atoms with Crippen LogP contribution in [0.2, 0.25) is 0 Å². The van der Waals surface area contributed by atoms with Crippen LogP contribution in [-0.2, 0) is 16.1 Å². The topological polar surface area (TPSA) is 109 Å². The lowest BCUT2D eigenvalue weighted by atomic mass is 9.78. The zero-order valence-electron chi connectivity index (χ0n) is 14.8. The predicted molar refractivity (Wildman–Crippen MR) is 98.0 cm³/mol. The van der Waals surface area contributed by atoms with Gasteiger partial charge in [0.25, 0.3) is 5.91 Å². The Hall–Kier alpha value is -3.09. The monoisotopic (exact) mass is 370 g/mol. The SMILES string of the molecule is O=C(NCc1ccco1)c1ccccc1NC(=O)[C@@H]1CCCC[C@@H]1C(=O)O. The van der Waals surface area contributed by atoms with Gasteiger partial charge >= 0.3 is 5.97 Å². The van der Waals surface area contributed by atoms with Crippen LogP contribution in [0.1, 0.15) is 41.8 Å². The number of carbonyl (C=O) groups is 3. The summed E-state index contributed by atoms with van der Waals surface area (Å²) in [6, 6.07) is 10.2. The standard InChI is InChI=1S/C20H22N2O5/c23-18(21-12-13-6-5-11-27-13)16-9-3-4-10-17(16)22-19(24)14-7-1-2-8-15(14)20(25)26/h3-6,9-11,14-15H,1-2,7-8,12H2,(H,21,23)(H,22,24)(H,25,26)/t14-,15+/m1/s1. The fourth-order valence-electron chi connectivity index (χ4n) is 3.43. The lowest BCUT2D eigenvalue weighted by molar-refractivity contribution is -0.147. The normalized spacial score (nSPS) is 19.3. The molecule has 1 aliphatic rings. The molecule has 1 saturated carbocycles. The zero-order chi connectivity index (χ0) is 19.2. The van der Waals surface area contributed by atoms with Crippen LogP contribution in [0, 0.1) is 11.8 Å². The van der Waals surface area contributed by atoms with Gasteiger partial charge in [0.2, 0.25) is 5.91 Å². The lowest BCUT2D eigenvalue weighted by Gasteiger charge is -2.27. The van der Waals surface area contributed by atoms with E-state index in [0.29, 0.717) is 29.9 Å². The lowest BCUT2D eigenvalue weighted by Crippen LogP contribution is -2.36. The van der Waals surface area contributed by atoms with Crippen molar-refractivity contribution in [1.29, 1.82) is 0 Å². The molecule has 0 radical (unpaired) electrons. The molecule has 0 aliphatic heterocycles. The molecule has 0 bridgehead atoms. The summed E-state index contributed by atoms with van der Waals surface area (Å²) >= 11 is 0. The Kier molecular flexibility index (Phi) is 5.90. The number of benzene rings is 1. The summed E-state index contributed by atoms with van der Waals surface area (Å²) in [6.07, 6.45) is 4.20. The number of aliphatic carboxylic acids is 1. The molecule has 142 valence electrons. The van der Waals surface area contributed by atoms with Gasteiger partial charge in [-0.15, -0.1) is 0 Å². The highest BCUT2D eigenvalue weighted by Gasteiger charge is 2.36. The largest absolute Gasteiger partial charge is 0.481 e. The molecule has 0 saturated heterocycles. The summed E-state index contributed by atoms with van der Waals surface area (Å²) in [5.74, 6) is -2.29. The first-order valence-electron chi connectivity index (χ1n) is 8.99. The van der Waals surface area contributed by atoms with Gasteiger partial charge in [0.1, 0.15) is 5.76 Å². The van der Waals surface area contributed by atoms with Gasteiger partial charge in [0.05, 0.1) is 35.9 Å². The van der Waals surface area contributed by atoms with E-state index in [-0.39, 0.29) is 18.4 Å². The van der Waals surface area contributed by atoms with Crippen LogP contribution in [0.4, 0.5) is 5.69 Å². The van der Waals surface area contributed by atoms with Crippen molar-refractivity contribution < 1.29 is 23.9 Å². The van der Waals surface area contributed by atoms with Crippen molar-refractivity contribution in [2.75, 3.05) is 5.32 Å². The molecule has 1 aliphatic carbocycles. The van der Waals surface area contributed by atoms with E-state index >= 15 is 0 Å². The summed E-state index contributed by atoms with van der Waals surface area (Å²) in [5.41, 5.74) is 0.689. The van der Waals surface area contributed by atoms with Crippen molar-refractivity contribution in [2.45, 2.75) is 32.2 Å². The molecule has 3 N–H and O–H groups in total. The maximum Gasteiger partial charge on any atom is 0.307 e. The number of hydrogen-bond acceptors (Lipinski definition) is 4. The molecule has 2 amide bonds. The van der Waals surface area contributed by atoms with Crippen LogP contribution in [0.15, 0.2) is 47.1 Å². The second-order valence-electron chi connectivity index (χ2n) is 6.63. The molecule has 27 heavy (non-hydrogen) atoms. The predicted octanol–water partition coefficient (Wildman–Crippen LogP) is 3.04. The molecule has 2 aromatic rings. The van der Waals surface area contributed by atoms with E-state index in [4.69, 9.17) is 4.42 Å². The van der Waals surface area contributed by atoms with Gasteiger partial charge in [-0.05, 0) is 37.1 Å². The van der Waals surface area contributed by atoms with E-state index in [9.17, 15) is 19.5 Å². The number of carboxylic acid groups (broad SMARTS) is 1. The van der Waals surface area contributed by atoms with Gasteiger partial charge in [-0.1, -0.05) is 25.0 Å². The summed E-state index contributed by atoms with van der Waals surface area (Å²) in [7, 11) is 0. The Balaban J connectivity index is 1.70. The van der Waals surface area contributed by atoms with Crippen molar-refractivity contribution in [2.24, 2.45) is 11.8 Å². The van der Waals surface area contributed by atoms with E-state index in [1.807, 2.05) is 0 Å². The van der Waals surface area contributed by atoms with E-state index in [0.717, 1.165) is 12.8 Å². The molecular weight excluding hydrogens is 348 g/mol. The van der Waals surface area contributed by atoms with E-state index in [2.05, 4.69) is 10.6 Å². The molecule has 1 aromatic carbocycles. The molecule has 1 fully saturated rings. The van der Waals surface area contributed by atoms with E-state index in [1.165, 1.54) is 6.26 Å². The van der Waals surface area contributed by atoms with Gasteiger partial charge in [-0.25, -0.2) is 0 Å². The van der Waals surface area contributed by atoms with E-state index < -0.39 is 17.8 Å².